The molecule has 0 amide bonds. The molecule has 5 nitrogen and oxygen atoms in total. The average molecular weight is 231 g/mol. The highest BCUT2D eigenvalue weighted by molar-refractivity contribution is 5.51. The zero-order valence-corrected chi connectivity index (χ0v) is 10.4. The quantitative estimate of drug-likeness (QED) is 0.875. The minimum absolute atomic E-state index is 0.762. The predicted molar refractivity (Wildman–Crippen MR) is 67.4 cm³/mol. The molecule has 0 spiro atoms. The Balaban J connectivity index is 2.42. The van der Waals surface area contributed by atoms with E-state index in [1.165, 1.54) is 0 Å². The Hall–Kier alpha value is -1.91. The smallest absolute Gasteiger partial charge is 0.146 e. The molecule has 5 heteroatoms. The van der Waals surface area contributed by atoms with Crippen LogP contribution in [0, 0.1) is 13.8 Å². The van der Waals surface area contributed by atoms with Crippen LogP contribution in [0.1, 0.15) is 24.7 Å². The molecule has 0 aliphatic carbocycles. The van der Waals surface area contributed by atoms with Crippen molar-refractivity contribution >= 4 is 5.82 Å². The molecule has 0 atom stereocenters. The summed E-state index contributed by atoms with van der Waals surface area (Å²) in [6.07, 6.45) is 6.45. The van der Waals surface area contributed by atoms with Crippen molar-refractivity contribution in [3.8, 4) is 5.82 Å². The van der Waals surface area contributed by atoms with Gasteiger partial charge in [-0.15, -0.1) is 0 Å². The van der Waals surface area contributed by atoms with Crippen LogP contribution in [0.4, 0.5) is 5.82 Å². The van der Waals surface area contributed by atoms with Crippen molar-refractivity contribution in [2.75, 3.05) is 11.9 Å². The van der Waals surface area contributed by atoms with E-state index in [0.29, 0.717) is 0 Å². The van der Waals surface area contributed by atoms with Crippen LogP contribution in [-0.4, -0.2) is 26.1 Å². The van der Waals surface area contributed by atoms with Crippen LogP contribution in [0.2, 0.25) is 0 Å². The molecular weight excluding hydrogens is 214 g/mol. The number of nitrogens with one attached hydrogen (secondary N) is 1. The second kappa shape index (κ2) is 4.95. The molecule has 0 fully saturated rings. The van der Waals surface area contributed by atoms with Gasteiger partial charge in [0.2, 0.25) is 0 Å². The molecule has 0 aromatic carbocycles. The molecule has 0 bridgehead atoms. The van der Waals surface area contributed by atoms with Gasteiger partial charge < -0.3 is 5.32 Å². The van der Waals surface area contributed by atoms with Gasteiger partial charge in [0.15, 0.2) is 0 Å². The normalized spacial score (nSPS) is 10.5. The average Bonchev–Trinajstić information content (AvgIpc) is 2.83. The van der Waals surface area contributed by atoms with E-state index < -0.39 is 0 Å². The standard InChI is InChI=1S/C12H17N5/c1-4-5-14-11-9(2)12(16-10(3)15-11)17-7-6-13-8-17/h6-8H,4-5H2,1-3H3,(H,14,15,16). The zero-order chi connectivity index (χ0) is 12.3. The number of anilines is 1. The van der Waals surface area contributed by atoms with Crippen molar-refractivity contribution in [3.05, 3.63) is 30.1 Å². The summed E-state index contributed by atoms with van der Waals surface area (Å²) in [5.41, 5.74) is 1.04. The van der Waals surface area contributed by atoms with Crippen LogP contribution < -0.4 is 5.32 Å². The number of imidazole rings is 1. The molecule has 90 valence electrons. The van der Waals surface area contributed by atoms with E-state index in [1.807, 2.05) is 24.6 Å². The number of hydrogen-bond acceptors (Lipinski definition) is 4. The molecule has 0 aliphatic rings. The van der Waals surface area contributed by atoms with Gasteiger partial charge in [-0.25, -0.2) is 15.0 Å². The first-order chi connectivity index (χ1) is 8.22. The largest absolute Gasteiger partial charge is 0.370 e. The number of rotatable bonds is 4. The third-order valence-electron chi connectivity index (χ3n) is 2.52. The van der Waals surface area contributed by atoms with Crippen molar-refractivity contribution in [2.24, 2.45) is 0 Å². The molecule has 0 radical (unpaired) electrons. The fraction of sp³-hybridized carbons (Fsp3) is 0.417. The Bertz CT molecular complexity index is 490. The van der Waals surface area contributed by atoms with Crippen molar-refractivity contribution in [3.63, 3.8) is 0 Å². The van der Waals surface area contributed by atoms with E-state index in [1.54, 1.807) is 12.5 Å². The lowest BCUT2D eigenvalue weighted by molar-refractivity contribution is 0.902. The van der Waals surface area contributed by atoms with E-state index in [-0.39, 0.29) is 0 Å². The van der Waals surface area contributed by atoms with Crippen LogP contribution >= 0.6 is 0 Å². The van der Waals surface area contributed by atoms with E-state index >= 15 is 0 Å². The highest BCUT2D eigenvalue weighted by Gasteiger charge is 2.09. The summed E-state index contributed by atoms with van der Waals surface area (Å²) in [4.78, 5) is 12.9. The maximum absolute atomic E-state index is 4.46. The Morgan fingerprint density at radius 3 is 2.76 bits per heavy atom. The SMILES string of the molecule is CCCNc1nc(C)nc(-n2ccnc2)c1C. The molecule has 2 rings (SSSR count). The first-order valence-corrected chi connectivity index (χ1v) is 5.79. The first-order valence-electron chi connectivity index (χ1n) is 5.79. The summed E-state index contributed by atoms with van der Waals surface area (Å²) in [7, 11) is 0. The number of aryl methyl sites for hydroxylation is 1. The van der Waals surface area contributed by atoms with Gasteiger partial charge in [0, 0.05) is 24.5 Å². The number of aromatic nitrogens is 4. The van der Waals surface area contributed by atoms with Crippen LogP contribution in [0.25, 0.3) is 5.82 Å². The fourth-order valence-electron chi connectivity index (χ4n) is 1.66. The molecule has 17 heavy (non-hydrogen) atoms. The van der Waals surface area contributed by atoms with Gasteiger partial charge in [-0.2, -0.15) is 0 Å². The highest BCUT2D eigenvalue weighted by atomic mass is 15.1. The van der Waals surface area contributed by atoms with Crippen molar-refractivity contribution in [1.82, 2.24) is 19.5 Å². The van der Waals surface area contributed by atoms with Crippen molar-refractivity contribution in [1.29, 1.82) is 0 Å². The molecule has 2 heterocycles. The minimum atomic E-state index is 0.762. The second-order valence-corrected chi connectivity index (χ2v) is 3.96. The van der Waals surface area contributed by atoms with Gasteiger partial charge in [0.1, 0.15) is 23.8 Å². The van der Waals surface area contributed by atoms with Gasteiger partial charge in [-0.1, -0.05) is 6.92 Å². The lowest BCUT2D eigenvalue weighted by Gasteiger charge is -2.12. The third-order valence-corrected chi connectivity index (χ3v) is 2.52. The minimum Gasteiger partial charge on any atom is -0.370 e. The number of hydrogen-bond donors (Lipinski definition) is 1. The summed E-state index contributed by atoms with van der Waals surface area (Å²) in [6.45, 7) is 6.97. The Morgan fingerprint density at radius 2 is 2.12 bits per heavy atom. The summed E-state index contributed by atoms with van der Waals surface area (Å²) < 4.78 is 1.90. The molecule has 2 aromatic rings. The molecule has 1 N–H and O–H groups in total. The topological polar surface area (TPSA) is 55.6 Å². The van der Waals surface area contributed by atoms with E-state index in [9.17, 15) is 0 Å². The Morgan fingerprint density at radius 1 is 1.29 bits per heavy atom. The zero-order valence-electron chi connectivity index (χ0n) is 10.4. The van der Waals surface area contributed by atoms with Crippen LogP contribution in [0.3, 0.4) is 0 Å². The summed E-state index contributed by atoms with van der Waals surface area (Å²) >= 11 is 0. The van der Waals surface area contributed by atoms with Gasteiger partial charge in [0.25, 0.3) is 0 Å². The van der Waals surface area contributed by atoms with Crippen LogP contribution in [0.15, 0.2) is 18.7 Å². The van der Waals surface area contributed by atoms with Crippen molar-refractivity contribution < 1.29 is 0 Å². The highest BCUT2D eigenvalue weighted by Crippen LogP contribution is 2.18. The predicted octanol–water partition coefficient (Wildman–Crippen LogP) is 2.10. The summed E-state index contributed by atoms with van der Waals surface area (Å²) in [5, 5.41) is 3.32. The maximum atomic E-state index is 4.46. The van der Waals surface area contributed by atoms with Crippen LogP contribution in [-0.2, 0) is 0 Å². The fourth-order valence-corrected chi connectivity index (χ4v) is 1.66. The molecular formula is C12H17N5. The van der Waals surface area contributed by atoms with Gasteiger partial charge in [0.05, 0.1) is 0 Å². The Labute approximate surface area is 101 Å². The summed E-state index contributed by atoms with van der Waals surface area (Å²) in [5.74, 6) is 2.55. The lowest BCUT2D eigenvalue weighted by atomic mass is 10.3. The van der Waals surface area contributed by atoms with Gasteiger partial charge >= 0.3 is 0 Å². The lowest BCUT2D eigenvalue weighted by Crippen LogP contribution is -2.09. The molecule has 0 saturated carbocycles. The maximum Gasteiger partial charge on any atom is 0.146 e. The Kier molecular flexibility index (Phi) is 3.37. The molecule has 0 unspecified atom stereocenters. The van der Waals surface area contributed by atoms with E-state index in [4.69, 9.17) is 0 Å². The second-order valence-electron chi connectivity index (χ2n) is 3.96. The van der Waals surface area contributed by atoms with Crippen LogP contribution in [0.5, 0.6) is 0 Å². The summed E-state index contributed by atoms with van der Waals surface area (Å²) in [6, 6.07) is 0. The number of nitrogens with zero attached hydrogens (tertiary/aromatic N) is 4. The third kappa shape index (κ3) is 2.43. The van der Waals surface area contributed by atoms with Crippen molar-refractivity contribution in [2.45, 2.75) is 27.2 Å². The van der Waals surface area contributed by atoms with E-state index in [0.717, 1.165) is 36.0 Å². The van der Waals surface area contributed by atoms with E-state index in [2.05, 4.69) is 27.2 Å². The van der Waals surface area contributed by atoms with Gasteiger partial charge in [-0.3, -0.25) is 4.57 Å². The van der Waals surface area contributed by atoms with Gasteiger partial charge in [-0.05, 0) is 20.3 Å². The molecule has 0 aliphatic heterocycles. The molecule has 0 saturated heterocycles. The monoisotopic (exact) mass is 231 g/mol. The first kappa shape index (κ1) is 11.6. The molecule has 2 aromatic heterocycles.